The maximum Gasteiger partial charge on any atom is 0.324 e. The van der Waals surface area contributed by atoms with Crippen LogP contribution < -0.4 is 16.0 Å². The molecule has 1 unspecified atom stereocenters. The van der Waals surface area contributed by atoms with Crippen LogP contribution in [0.4, 0.5) is 16.3 Å². The average molecular weight is 617 g/mol. The van der Waals surface area contributed by atoms with Gasteiger partial charge in [0.05, 0.1) is 22.8 Å². The number of carbonyl (C=O) groups is 2. The smallest absolute Gasteiger partial charge is 0.324 e. The molecule has 236 valence electrons. The van der Waals surface area contributed by atoms with E-state index in [1.54, 1.807) is 10.7 Å². The molecule has 0 radical (unpaired) electrons. The lowest BCUT2D eigenvalue weighted by molar-refractivity contribution is 0.0917. The van der Waals surface area contributed by atoms with E-state index >= 15 is 0 Å². The second-order valence-corrected chi connectivity index (χ2v) is 13.1. The van der Waals surface area contributed by atoms with Crippen molar-refractivity contribution in [2.24, 2.45) is 5.92 Å². The molecule has 46 heavy (non-hydrogen) atoms. The molecule has 6 rings (SSSR count). The number of Topliss-reactive ketones (excluding diaryl/α,β-unsaturated/α-hetero) is 1. The van der Waals surface area contributed by atoms with Gasteiger partial charge in [-0.1, -0.05) is 68.8 Å². The van der Waals surface area contributed by atoms with Crippen molar-refractivity contribution in [2.45, 2.75) is 51.9 Å². The number of aromatic hydroxyl groups is 1. The number of amides is 2. The van der Waals surface area contributed by atoms with Gasteiger partial charge in [0.2, 0.25) is 5.88 Å². The number of anilines is 2. The number of rotatable bonds is 7. The lowest BCUT2D eigenvalue weighted by Gasteiger charge is -2.30. The number of pyridine rings is 1. The number of nitrogens with one attached hydrogen (secondary N) is 3. The highest BCUT2D eigenvalue weighted by Gasteiger charge is 2.33. The van der Waals surface area contributed by atoms with Gasteiger partial charge in [-0.25, -0.2) is 14.5 Å². The summed E-state index contributed by atoms with van der Waals surface area (Å²) >= 11 is 0. The number of carbonyl (C=O) groups excluding carboxylic acids is 2. The molecular formula is C37H40N6O3. The number of aryl methyl sites for hydroxylation is 1. The molecule has 3 aromatic carbocycles. The predicted octanol–water partition coefficient (Wildman–Crippen LogP) is 7.34. The molecule has 0 aliphatic carbocycles. The Hall–Kier alpha value is -5.02. The summed E-state index contributed by atoms with van der Waals surface area (Å²) in [5.41, 5.74) is 5.01. The van der Waals surface area contributed by atoms with Gasteiger partial charge in [0, 0.05) is 34.2 Å². The Morgan fingerprint density at radius 2 is 1.67 bits per heavy atom. The van der Waals surface area contributed by atoms with Crippen molar-refractivity contribution >= 4 is 34.2 Å². The number of piperidine rings is 1. The van der Waals surface area contributed by atoms with Crippen LogP contribution in [0.5, 0.6) is 5.88 Å². The maximum absolute atomic E-state index is 14.4. The lowest BCUT2D eigenvalue weighted by atomic mass is 9.76. The molecule has 0 bridgehead atoms. The number of hydrogen-bond acceptors (Lipinski definition) is 6. The van der Waals surface area contributed by atoms with Gasteiger partial charge >= 0.3 is 6.03 Å². The molecule has 1 fully saturated rings. The molecule has 1 saturated heterocycles. The zero-order valence-electron chi connectivity index (χ0n) is 26.7. The molecule has 4 N–H and O–H groups in total. The number of urea groups is 1. The number of para-hydroxylation sites is 1. The fraction of sp³-hybridized carbons (Fsp3) is 0.297. The maximum atomic E-state index is 14.4. The Morgan fingerprint density at radius 3 is 2.41 bits per heavy atom. The van der Waals surface area contributed by atoms with Gasteiger partial charge in [0.15, 0.2) is 5.78 Å². The number of fused-ring (bicyclic) bond motifs is 1. The van der Waals surface area contributed by atoms with Crippen molar-refractivity contribution in [3.05, 3.63) is 107 Å². The lowest BCUT2D eigenvalue weighted by Crippen LogP contribution is -2.33. The van der Waals surface area contributed by atoms with Crippen LogP contribution in [0.2, 0.25) is 0 Å². The molecule has 0 spiro atoms. The summed E-state index contributed by atoms with van der Waals surface area (Å²) in [7, 11) is 0. The summed E-state index contributed by atoms with van der Waals surface area (Å²) in [6.45, 7) is 9.92. The summed E-state index contributed by atoms with van der Waals surface area (Å²) < 4.78 is 1.75. The Morgan fingerprint density at radius 1 is 0.935 bits per heavy atom. The predicted molar refractivity (Wildman–Crippen MR) is 182 cm³/mol. The highest BCUT2D eigenvalue weighted by molar-refractivity contribution is 6.11. The van der Waals surface area contributed by atoms with E-state index in [9.17, 15) is 14.7 Å². The monoisotopic (exact) mass is 616 g/mol. The topological polar surface area (TPSA) is 121 Å². The first-order valence-corrected chi connectivity index (χ1v) is 15.8. The number of hydrogen-bond donors (Lipinski definition) is 4. The largest absolute Gasteiger partial charge is 0.493 e. The van der Waals surface area contributed by atoms with E-state index < -0.39 is 11.9 Å². The van der Waals surface area contributed by atoms with Crippen molar-refractivity contribution in [2.75, 3.05) is 23.7 Å². The minimum atomic E-state index is -0.463. The molecule has 2 amide bonds. The summed E-state index contributed by atoms with van der Waals surface area (Å²) in [4.78, 5) is 32.0. The number of nitrogens with zero attached hydrogens (tertiary/aromatic N) is 3. The van der Waals surface area contributed by atoms with Crippen LogP contribution in [0, 0.1) is 12.8 Å². The number of benzene rings is 3. The van der Waals surface area contributed by atoms with E-state index in [1.165, 1.54) is 6.07 Å². The normalized spacial score (nSPS) is 14.6. The second-order valence-electron chi connectivity index (χ2n) is 13.1. The molecular weight excluding hydrogens is 576 g/mol. The second kappa shape index (κ2) is 12.8. The summed E-state index contributed by atoms with van der Waals surface area (Å²) in [5.74, 6) is -0.0765. The van der Waals surface area contributed by atoms with Crippen LogP contribution in [0.25, 0.3) is 16.6 Å². The Kier molecular flexibility index (Phi) is 8.60. The van der Waals surface area contributed by atoms with Gasteiger partial charge in [-0.05, 0) is 74.7 Å². The van der Waals surface area contributed by atoms with Crippen LogP contribution in [0.15, 0.2) is 84.9 Å². The first-order valence-electron chi connectivity index (χ1n) is 15.8. The van der Waals surface area contributed by atoms with Gasteiger partial charge in [-0.2, -0.15) is 5.10 Å². The van der Waals surface area contributed by atoms with E-state index in [2.05, 4.69) is 41.7 Å². The van der Waals surface area contributed by atoms with Gasteiger partial charge in [-0.3, -0.25) is 10.1 Å². The fourth-order valence-electron chi connectivity index (χ4n) is 6.16. The molecule has 2 aromatic heterocycles. The Bertz CT molecular complexity index is 1880. The molecule has 9 nitrogen and oxygen atoms in total. The highest BCUT2D eigenvalue weighted by atomic mass is 16.3. The van der Waals surface area contributed by atoms with Gasteiger partial charge in [0.1, 0.15) is 5.82 Å². The van der Waals surface area contributed by atoms with Crippen LogP contribution in [-0.4, -0.2) is 44.8 Å². The minimum Gasteiger partial charge on any atom is -0.493 e. The van der Waals surface area contributed by atoms with Gasteiger partial charge in [0.25, 0.3) is 0 Å². The summed E-state index contributed by atoms with van der Waals surface area (Å²) in [6.07, 6.45) is 1.67. The molecule has 1 atom stereocenters. The van der Waals surface area contributed by atoms with Crippen molar-refractivity contribution in [3.8, 4) is 11.6 Å². The quantitative estimate of drug-likeness (QED) is 0.142. The SMILES string of the molecule is Cc1ccc(-n2nc(C(C)(C)C)cc2NC(=O)Nc2cccc(C(C(=O)c3cc(O)nc4ccccc34)C3CCNCC3)c2)cc1. The average Bonchev–Trinajstić information content (AvgIpc) is 3.46. The molecule has 1 aliphatic heterocycles. The van der Waals surface area contributed by atoms with Crippen LogP contribution >= 0.6 is 0 Å². The summed E-state index contributed by atoms with van der Waals surface area (Å²) in [6, 6.07) is 25.8. The van der Waals surface area contributed by atoms with Crippen LogP contribution in [-0.2, 0) is 5.41 Å². The van der Waals surface area contributed by atoms with E-state index in [0.717, 1.165) is 48.4 Å². The van der Waals surface area contributed by atoms with Crippen molar-refractivity contribution in [3.63, 3.8) is 0 Å². The third kappa shape index (κ3) is 6.65. The molecule has 9 heteroatoms. The minimum absolute atomic E-state index is 0.0703. The third-order valence-corrected chi connectivity index (χ3v) is 8.61. The van der Waals surface area contributed by atoms with E-state index in [4.69, 9.17) is 5.10 Å². The number of ketones is 1. The van der Waals surface area contributed by atoms with Crippen molar-refractivity contribution in [1.82, 2.24) is 20.1 Å². The van der Waals surface area contributed by atoms with E-state index in [0.29, 0.717) is 28.0 Å². The van der Waals surface area contributed by atoms with E-state index in [1.807, 2.05) is 79.7 Å². The Labute approximate surface area is 269 Å². The first-order chi connectivity index (χ1) is 22.1. The van der Waals surface area contributed by atoms with E-state index in [-0.39, 0.29) is 23.0 Å². The molecule has 1 aliphatic rings. The van der Waals surface area contributed by atoms with Gasteiger partial charge in [-0.15, -0.1) is 0 Å². The molecule has 5 aromatic rings. The fourth-order valence-corrected chi connectivity index (χ4v) is 6.16. The molecule has 3 heterocycles. The Balaban J connectivity index is 1.30. The van der Waals surface area contributed by atoms with Crippen molar-refractivity contribution < 1.29 is 14.7 Å². The van der Waals surface area contributed by atoms with Gasteiger partial charge < -0.3 is 15.7 Å². The zero-order chi connectivity index (χ0) is 32.4. The van der Waals surface area contributed by atoms with Crippen molar-refractivity contribution in [1.29, 1.82) is 0 Å². The number of aromatic nitrogens is 3. The standard InChI is InChI=1S/C37H40N6O3/c1-23-12-14-27(15-13-23)43-32(22-31(42-43)37(2,3)4)41-36(46)39-26-9-7-8-25(20-26)34(24-16-18-38-19-17-24)35(45)29-21-33(44)40-30-11-6-5-10-28(29)30/h5-15,20-22,24,34,38H,16-19H2,1-4H3,(H,40,44)(H2,39,41,46). The summed E-state index contributed by atoms with van der Waals surface area (Å²) in [5, 5.41) is 25.3. The van der Waals surface area contributed by atoms with Crippen LogP contribution in [0.3, 0.4) is 0 Å². The first kappa shape index (κ1) is 31.0. The highest BCUT2D eigenvalue weighted by Crippen LogP contribution is 2.37. The van der Waals surface area contributed by atoms with Crippen LogP contribution in [0.1, 0.15) is 66.7 Å². The zero-order valence-corrected chi connectivity index (χ0v) is 26.7. The molecule has 0 saturated carbocycles. The third-order valence-electron chi connectivity index (χ3n) is 8.61.